The van der Waals surface area contributed by atoms with Gasteiger partial charge in [-0.2, -0.15) is 0 Å². The molecule has 2 aromatic carbocycles. The van der Waals surface area contributed by atoms with Crippen molar-refractivity contribution in [3.63, 3.8) is 0 Å². The van der Waals surface area contributed by atoms with E-state index in [2.05, 4.69) is 4.90 Å². The number of hydrogen-bond acceptors (Lipinski definition) is 6. The number of aryl methyl sites for hydroxylation is 1. The summed E-state index contributed by atoms with van der Waals surface area (Å²) in [5.41, 5.74) is 2.85. The van der Waals surface area contributed by atoms with Crippen LogP contribution in [0.15, 0.2) is 30.3 Å². The lowest BCUT2D eigenvalue weighted by atomic mass is 9.98. The highest BCUT2D eigenvalue weighted by molar-refractivity contribution is 5.97. The number of amides is 1. The molecule has 1 aliphatic rings. The zero-order valence-corrected chi connectivity index (χ0v) is 20.8. The Labute approximate surface area is 202 Å². The molecule has 7 nitrogen and oxygen atoms in total. The van der Waals surface area contributed by atoms with Crippen LogP contribution in [-0.4, -0.2) is 71.9 Å². The lowest BCUT2D eigenvalue weighted by molar-refractivity contribution is 0.0357. The van der Waals surface area contributed by atoms with Gasteiger partial charge in [0.1, 0.15) is 17.2 Å². The SMILES string of the molecule is CCN(Cc1c(C)cccc1OCCCN1CCOCC1)C(=O)c1cc(C(C)C)c(O)cc1O. The first kappa shape index (κ1) is 25.8. The molecule has 1 amide bonds. The number of morpholine rings is 1. The Balaban J connectivity index is 1.72. The van der Waals surface area contributed by atoms with E-state index < -0.39 is 0 Å². The summed E-state index contributed by atoms with van der Waals surface area (Å²) in [5, 5.41) is 20.5. The van der Waals surface area contributed by atoms with E-state index in [0.29, 0.717) is 25.3 Å². The highest BCUT2D eigenvalue weighted by Crippen LogP contribution is 2.33. The first-order chi connectivity index (χ1) is 16.3. The first-order valence-electron chi connectivity index (χ1n) is 12.2. The minimum absolute atomic E-state index is 0.00114. The number of phenols is 2. The molecule has 7 heteroatoms. The van der Waals surface area contributed by atoms with Gasteiger partial charge in [0.2, 0.25) is 0 Å². The van der Waals surface area contributed by atoms with Crippen LogP contribution >= 0.6 is 0 Å². The fraction of sp³-hybridized carbons (Fsp3) is 0.519. The number of carbonyl (C=O) groups excluding carboxylic acids is 1. The van der Waals surface area contributed by atoms with Gasteiger partial charge in [0.25, 0.3) is 5.91 Å². The molecular weight excluding hydrogens is 432 g/mol. The van der Waals surface area contributed by atoms with Crippen molar-refractivity contribution in [1.29, 1.82) is 0 Å². The van der Waals surface area contributed by atoms with Gasteiger partial charge >= 0.3 is 0 Å². The third-order valence-electron chi connectivity index (χ3n) is 6.36. The van der Waals surface area contributed by atoms with Crippen molar-refractivity contribution in [3.8, 4) is 17.2 Å². The average molecular weight is 471 g/mol. The van der Waals surface area contributed by atoms with Gasteiger partial charge in [-0.1, -0.05) is 26.0 Å². The van der Waals surface area contributed by atoms with Crippen LogP contribution in [0.3, 0.4) is 0 Å². The number of benzene rings is 2. The summed E-state index contributed by atoms with van der Waals surface area (Å²) in [6.45, 7) is 13.7. The van der Waals surface area contributed by atoms with Gasteiger partial charge in [-0.05, 0) is 49.4 Å². The number of carbonyl (C=O) groups is 1. The Bertz CT molecular complexity index is 970. The first-order valence-corrected chi connectivity index (χ1v) is 12.2. The standard InChI is InChI=1S/C27H38N2O5/c1-5-29(27(32)22-16-21(19(2)3)24(30)17-25(22)31)18-23-20(4)8-6-9-26(23)34-13-7-10-28-11-14-33-15-12-28/h6,8-9,16-17,19,30-31H,5,7,10-15,18H2,1-4H3. The Morgan fingerprint density at radius 1 is 1.18 bits per heavy atom. The summed E-state index contributed by atoms with van der Waals surface area (Å²) in [6, 6.07) is 8.79. The predicted molar refractivity (Wildman–Crippen MR) is 133 cm³/mol. The smallest absolute Gasteiger partial charge is 0.257 e. The quantitative estimate of drug-likeness (QED) is 0.504. The van der Waals surface area contributed by atoms with Crippen LogP contribution in [0.5, 0.6) is 17.2 Å². The molecule has 2 N–H and O–H groups in total. The Hall–Kier alpha value is -2.77. The van der Waals surface area contributed by atoms with Crippen molar-refractivity contribution in [2.75, 3.05) is 46.0 Å². The summed E-state index contributed by atoms with van der Waals surface area (Å²) in [7, 11) is 0. The van der Waals surface area contributed by atoms with E-state index in [4.69, 9.17) is 9.47 Å². The largest absolute Gasteiger partial charge is 0.508 e. The number of hydrogen-bond donors (Lipinski definition) is 2. The van der Waals surface area contributed by atoms with E-state index >= 15 is 0 Å². The molecule has 186 valence electrons. The molecule has 0 aliphatic carbocycles. The maximum absolute atomic E-state index is 13.4. The van der Waals surface area contributed by atoms with Crippen LogP contribution in [0.2, 0.25) is 0 Å². The monoisotopic (exact) mass is 470 g/mol. The van der Waals surface area contributed by atoms with Crippen molar-refractivity contribution < 1.29 is 24.5 Å². The lowest BCUT2D eigenvalue weighted by Crippen LogP contribution is -2.37. The van der Waals surface area contributed by atoms with Gasteiger partial charge in [-0.25, -0.2) is 0 Å². The Morgan fingerprint density at radius 2 is 1.91 bits per heavy atom. The van der Waals surface area contributed by atoms with Crippen LogP contribution in [0.1, 0.15) is 60.2 Å². The molecule has 34 heavy (non-hydrogen) atoms. The Kier molecular flexibility index (Phi) is 9.19. The van der Waals surface area contributed by atoms with Crippen molar-refractivity contribution in [3.05, 3.63) is 52.6 Å². The minimum Gasteiger partial charge on any atom is -0.508 e. The molecule has 1 saturated heterocycles. The second-order valence-corrected chi connectivity index (χ2v) is 9.11. The van der Waals surface area contributed by atoms with E-state index in [1.807, 2.05) is 45.9 Å². The zero-order valence-electron chi connectivity index (χ0n) is 20.8. The molecule has 1 aliphatic heterocycles. The topological polar surface area (TPSA) is 82.5 Å². The van der Waals surface area contributed by atoms with Gasteiger partial charge in [0, 0.05) is 44.4 Å². The molecule has 0 aromatic heterocycles. The highest BCUT2D eigenvalue weighted by atomic mass is 16.5. The number of nitrogens with zero attached hydrogens (tertiary/aromatic N) is 2. The molecule has 0 bridgehead atoms. The number of rotatable bonds is 10. The van der Waals surface area contributed by atoms with Crippen LogP contribution in [-0.2, 0) is 11.3 Å². The molecule has 0 spiro atoms. The summed E-state index contributed by atoms with van der Waals surface area (Å²) in [6.07, 6.45) is 0.920. The number of ether oxygens (including phenoxy) is 2. The number of phenolic OH excluding ortho intramolecular Hbond substituents is 2. The molecular formula is C27H38N2O5. The summed E-state index contributed by atoms with van der Waals surface area (Å²) < 4.78 is 11.6. The van der Waals surface area contributed by atoms with Gasteiger partial charge in [-0.3, -0.25) is 9.69 Å². The lowest BCUT2D eigenvalue weighted by Gasteiger charge is -2.27. The fourth-order valence-electron chi connectivity index (χ4n) is 4.22. The van der Waals surface area contributed by atoms with E-state index in [0.717, 1.165) is 56.1 Å². The molecule has 1 fully saturated rings. The van der Waals surface area contributed by atoms with Crippen molar-refractivity contribution in [2.24, 2.45) is 0 Å². The van der Waals surface area contributed by atoms with E-state index in [1.165, 1.54) is 6.07 Å². The van der Waals surface area contributed by atoms with Crippen molar-refractivity contribution >= 4 is 5.91 Å². The van der Waals surface area contributed by atoms with Crippen molar-refractivity contribution in [2.45, 2.75) is 46.6 Å². The predicted octanol–water partition coefficient (Wildman–Crippen LogP) is 4.29. The van der Waals surface area contributed by atoms with E-state index in [-0.39, 0.29) is 28.9 Å². The maximum atomic E-state index is 13.4. The maximum Gasteiger partial charge on any atom is 0.257 e. The number of aromatic hydroxyl groups is 2. The van der Waals surface area contributed by atoms with Gasteiger partial charge < -0.3 is 24.6 Å². The fourth-order valence-corrected chi connectivity index (χ4v) is 4.22. The molecule has 3 rings (SSSR count). The van der Waals surface area contributed by atoms with Crippen LogP contribution < -0.4 is 4.74 Å². The van der Waals surface area contributed by atoms with E-state index in [9.17, 15) is 15.0 Å². The molecule has 0 unspecified atom stereocenters. The normalized spacial score (nSPS) is 14.4. The molecule has 0 saturated carbocycles. The highest BCUT2D eigenvalue weighted by Gasteiger charge is 2.23. The third kappa shape index (κ3) is 6.42. The summed E-state index contributed by atoms with van der Waals surface area (Å²) in [5.74, 6) is 0.319. The van der Waals surface area contributed by atoms with Gasteiger partial charge in [-0.15, -0.1) is 0 Å². The molecule has 0 radical (unpaired) electrons. The minimum atomic E-state index is -0.275. The summed E-state index contributed by atoms with van der Waals surface area (Å²) in [4.78, 5) is 17.5. The third-order valence-corrected chi connectivity index (χ3v) is 6.36. The van der Waals surface area contributed by atoms with Gasteiger partial charge in [0.05, 0.1) is 25.4 Å². The van der Waals surface area contributed by atoms with Crippen molar-refractivity contribution in [1.82, 2.24) is 9.80 Å². The average Bonchev–Trinajstić information content (AvgIpc) is 2.81. The van der Waals surface area contributed by atoms with Crippen LogP contribution in [0, 0.1) is 6.92 Å². The van der Waals surface area contributed by atoms with E-state index in [1.54, 1.807) is 11.0 Å². The van der Waals surface area contributed by atoms with Crippen LogP contribution in [0.4, 0.5) is 0 Å². The summed E-state index contributed by atoms with van der Waals surface area (Å²) >= 11 is 0. The Morgan fingerprint density at radius 3 is 2.59 bits per heavy atom. The second-order valence-electron chi connectivity index (χ2n) is 9.11. The molecule has 0 atom stereocenters. The molecule has 1 heterocycles. The zero-order chi connectivity index (χ0) is 24.7. The second kappa shape index (κ2) is 12.1. The molecule has 2 aromatic rings. The van der Waals surface area contributed by atoms with Gasteiger partial charge in [0.15, 0.2) is 0 Å². The van der Waals surface area contributed by atoms with Crippen LogP contribution in [0.25, 0.3) is 0 Å².